The van der Waals surface area contributed by atoms with Crippen molar-refractivity contribution in [2.24, 2.45) is 0 Å². The van der Waals surface area contributed by atoms with E-state index in [1.165, 1.54) is 41.5 Å². The summed E-state index contributed by atoms with van der Waals surface area (Å²) in [5.74, 6) is 0.522. The lowest BCUT2D eigenvalue weighted by Gasteiger charge is -2.30. The third-order valence-corrected chi connectivity index (χ3v) is 6.11. The minimum Gasteiger partial charge on any atom is -0.337 e. The number of aromatic nitrogens is 2. The van der Waals surface area contributed by atoms with Gasteiger partial charge in [0, 0.05) is 17.8 Å². The Morgan fingerprint density at radius 1 is 1.15 bits per heavy atom. The van der Waals surface area contributed by atoms with Gasteiger partial charge in [-0.3, -0.25) is 4.79 Å². The molecule has 0 unspecified atom stereocenters. The molecule has 0 atom stereocenters. The topological polar surface area (TPSA) is 58.1 Å². The second-order valence-electron chi connectivity index (χ2n) is 7.08. The number of thioether (sulfide) groups is 1. The Kier molecular flexibility index (Phi) is 8.57. The van der Waals surface area contributed by atoms with Crippen molar-refractivity contribution in [1.29, 1.82) is 0 Å². The van der Waals surface area contributed by atoms with Crippen LogP contribution in [-0.4, -0.2) is 38.8 Å². The molecule has 0 radical (unpaired) electrons. The van der Waals surface area contributed by atoms with Gasteiger partial charge in [-0.25, -0.2) is 0 Å². The lowest BCUT2D eigenvalue weighted by Crippen LogP contribution is -2.43. The number of hydrogen-bond donors (Lipinski definition) is 1. The van der Waals surface area contributed by atoms with Crippen LogP contribution in [0.5, 0.6) is 0 Å². The van der Waals surface area contributed by atoms with E-state index in [-0.39, 0.29) is 18.0 Å². The van der Waals surface area contributed by atoms with E-state index in [4.69, 9.17) is 0 Å². The fourth-order valence-corrected chi connectivity index (χ4v) is 4.59. The van der Waals surface area contributed by atoms with Crippen LogP contribution < -0.4 is 5.32 Å². The predicted octanol–water partition coefficient (Wildman–Crippen LogP) is 5.36. The average molecular weight is 407 g/mol. The van der Waals surface area contributed by atoms with Crippen LogP contribution in [0.1, 0.15) is 53.0 Å². The summed E-state index contributed by atoms with van der Waals surface area (Å²) in [5.41, 5.74) is 2.36. The van der Waals surface area contributed by atoms with Gasteiger partial charge in [0.25, 0.3) is 0 Å². The lowest BCUT2D eigenvalue weighted by atomic mass is 10.1. The van der Waals surface area contributed by atoms with Gasteiger partial charge in [-0.2, -0.15) is 0 Å². The first-order valence-corrected chi connectivity index (χ1v) is 11.3. The number of benzene rings is 1. The molecule has 5 nitrogen and oxygen atoms in total. The molecular formula is C20H30N4OS2. The van der Waals surface area contributed by atoms with E-state index in [9.17, 15) is 4.79 Å². The number of nitrogens with zero attached hydrogens (tertiary/aromatic N) is 3. The molecule has 1 N–H and O–H groups in total. The number of carbonyl (C=O) groups is 1. The Labute approximate surface area is 171 Å². The van der Waals surface area contributed by atoms with E-state index in [2.05, 4.69) is 46.7 Å². The zero-order chi connectivity index (χ0) is 19.8. The normalized spacial score (nSPS) is 11.2. The summed E-state index contributed by atoms with van der Waals surface area (Å²) in [6.45, 7) is 10.4. The maximum atomic E-state index is 12.5. The van der Waals surface area contributed by atoms with Crippen molar-refractivity contribution in [3.8, 4) is 0 Å². The number of aryl methyl sites for hydroxylation is 1. The minimum atomic E-state index is 0.136. The third kappa shape index (κ3) is 6.81. The fourth-order valence-electron chi connectivity index (χ4n) is 2.95. The van der Waals surface area contributed by atoms with Gasteiger partial charge in [0.1, 0.15) is 0 Å². The smallest absolute Gasteiger partial charge is 0.233 e. The van der Waals surface area contributed by atoms with Crippen molar-refractivity contribution in [3.63, 3.8) is 0 Å². The molecule has 1 amide bonds. The summed E-state index contributed by atoms with van der Waals surface area (Å²) in [6, 6.07) is 8.85. The van der Waals surface area contributed by atoms with Crippen molar-refractivity contribution < 1.29 is 4.79 Å². The zero-order valence-electron chi connectivity index (χ0n) is 16.9. The molecule has 0 saturated carbocycles. The molecule has 1 heterocycles. The van der Waals surface area contributed by atoms with E-state index in [0.29, 0.717) is 5.75 Å². The van der Waals surface area contributed by atoms with Crippen LogP contribution in [0.3, 0.4) is 0 Å². The highest BCUT2D eigenvalue weighted by Gasteiger charge is 2.20. The first-order chi connectivity index (χ1) is 12.9. The monoisotopic (exact) mass is 406 g/mol. The number of nitrogens with one attached hydrogen (secondary N) is 1. The van der Waals surface area contributed by atoms with Gasteiger partial charge >= 0.3 is 0 Å². The molecule has 0 saturated heterocycles. The van der Waals surface area contributed by atoms with Crippen molar-refractivity contribution in [2.45, 2.75) is 70.3 Å². The number of unbranched alkanes of at least 4 members (excludes halogenated alkanes) is 1. The Morgan fingerprint density at radius 3 is 2.41 bits per heavy atom. The zero-order valence-corrected chi connectivity index (χ0v) is 18.5. The maximum absolute atomic E-state index is 12.5. The van der Waals surface area contributed by atoms with Crippen LogP contribution in [0.15, 0.2) is 28.6 Å². The summed E-state index contributed by atoms with van der Waals surface area (Å²) < 4.78 is 0.804. The van der Waals surface area contributed by atoms with E-state index in [1.807, 2.05) is 32.6 Å². The van der Waals surface area contributed by atoms with Gasteiger partial charge in [-0.05, 0) is 58.2 Å². The largest absolute Gasteiger partial charge is 0.337 e. The van der Waals surface area contributed by atoms with Crippen LogP contribution in [0.25, 0.3) is 0 Å². The number of amides is 1. The van der Waals surface area contributed by atoms with Crippen molar-refractivity contribution in [3.05, 3.63) is 29.8 Å². The maximum Gasteiger partial charge on any atom is 0.233 e. The van der Waals surface area contributed by atoms with Crippen molar-refractivity contribution >= 4 is 39.8 Å². The van der Waals surface area contributed by atoms with Gasteiger partial charge < -0.3 is 10.2 Å². The highest BCUT2D eigenvalue weighted by Crippen LogP contribution is 2.28. The first-order valence-electron chi connectivity index (χ1n) is 9.54. The SMILES string of the molecule is CCCCc1ccc(Nc2nnc(SCC(=O)N(C(C)C)C(C)C)s2)cc1. The van der Waals surface area contributed by atoms with Gasteiger partial charge in [0.15, 0.2) is 4.34 Å². The second kappa shape index (κ2) is 10.7. The molecule has 1 aromatic heterocycles. The molecule has 27 heavy (non-hydrogen) atoms. The van der Waals surface area contributed by atoms with Gasteiger partial charge in [-0.15, -0.1) is 10.2 Å². The number of anilines is 2. The minimum absolute atomic E-state index is 0.136. The molecular weight excluding hydrogens is 376 g/mol. The number of hydrogen-bond acceptors (Lipinski definition) is 6. The molecule has 148 valence electrons. The summed E-state index contributed by atoms with van der Waals surface area (Å²) in [6.07, 6.45) is 3.54. The van der Waals surface area contributed by atoms with Crippen LogP contribution in [-0.2, 0) is 11.2 Å². The van der Waals surface area contributed by atoms with Crippen LogP contribution in [0.4, 0.5) is 10.8 Å². The summed E-state index contributed by atoms with van der Waals surface area (Å²) in [5, 5.41) is 12.4. The number of carbonyl (C=O) groups excluding carboxylic acids is 1. The van der Waals surface area contributed by atoms with Crippen LogP contribution in [0, 0.1) is 0 Å². The highest BCUT2D eigenvalue weighted by atomic mass is 32.2. The first kappa shape index (κ1) is 21.7. The molecule has 0 aliphatic carbocycles. The number of rotatable bonds is 10. The molecule has 0 bridgehead atoms. The van der Waals surface area contributed by atoms with E-state index in [1.54, 1.807) is 0 Å². The summed E-state index contributed by atoms with van der Waals surface area (Å²) >= 11 is 2.92. The van der Waals surface area contributed by atoms with E-state index in [0.717, 1.165) is 21.6 Å². The third-order valence-electron chi connectivity index (χ3n) is 4.15. The lowest BCUT2D eigenvalue weighted by molar-refractivity contribution is -0.131. The van der Waals surface area contributed by atoms with Gasteiger partial charge in [0.2, 0.25) is 11.0 Å². The Morgan fingerprint density at radius 2 is 1.81 bits per heavy atom. The standard InChI is InChI=1S/C20H30N4OS2/c1-6-7-8-16-9-11-17(12-10-16)21-19-22-23-20(27-19)26-13-18(25)24(14(2)3)15(4)5/h9-12,14-15H,6-8,13H2,1-5H3,(H,21,22). The Bertz CT molecular complexity index is 705. The van der Waals surface area contributed by atoms with E-state index < -0.39 is 0 Å². The van der Waals surface area contributed by atoms with Gasteiger partial charge in [0.05, 0.1) is 5.75 Å². The molecule has 0 aliphatic rings. The average Bonchev–Trinajstić information content (AvgIpc) is 3.06. The molecule has 0 spiro atoms. The molecule has 2 rings (SSSR count). The van der Waals surface area contributed by atoms with Crippen molar-refractivity contribution in [2.75, 3.05) is 11.1 Å². The van der Waals surface area contributed by atoms with Crippen molar-refractivity contribution in [1.82, 2.24) is 15.1 Å². The molecule has 0 aliphatic heterocycles. The molecule has 7 heteroatoms. The predicted molar refractivity (Wildman–Crippen MR) is 116 cm³/mol. The van der Waals surface area contributed by atoms with Crippen LogP contribution >= 0.6 is 23.1 Å². The Hall–Kier alpha value is -1.60. The second-order valence-corrected chi connectivity index (χ2v) is 9.28. The molecule has 1 aromatic carbocycles. The summed E-state index contributed by atoms with van der Waals surface area (Å²) in [7, 11) is 0. The fraction of sp³-hybridized carbons (Fsp3) is 0.550. The molecule has 0 fully saturated rings. The quantitative estimate of drug-likeness (QED) is 0.538. The molecule has 2 aromatic rings. The highest BCUT2D eigenvalue weighted by molar-refractivity contribution is 8.01. The van der Waals surface area contributed by atoms with Gasteiger partial charge in [-0.1, -0.05) is 48.6 Å². The Balaban J connectivity index is 1.88. The van der Waals surface area contributed by atoms with Crippen LogP contribution in [0.2, 0.25) is 0 Å². The van der Waals surface area contributed by atoms with E-state index >= 15 is 0 Å². The summed E-state index contributed by atoms with van der Waals surface area (Å²) in [4.78, 5) is 14.4.